The molecule has 0 amide bonds. The van der Waals surface area contributed by atoms with Gasteiger partial charge in [-0.3, -0.25) is 0 Å². The van der Waals surface area contributed by atoms with Gasteiger partial charge in [0.25, 0.3) is 0 Å². The van der Waals surface area contributed by atoms with E-state index in [0.717, 1.165) is 29.9 Å². The quantitative estimate of drug-likeness (QED) is 0.902. The maximum absolute atomic E-state index is 13.4. The molecule has 1 aliphatic carbocycles. The first kappa shape index (κ1) is 13.6. The van der Waals surface area contributed by atoms with Gasteiger partial charge in [0.05, 0.1) is 4.47 Å². The van der Waals surface area contributed by atoms with Crippen molar-refractivity contribution in [3.05, 3.63) is 34.3 Å². The number of imidazole rings is 1. The summed E-state index contributed by atoms with van der Waals surface area (Å²) in [6, 6.07) is 5.41. The van der Waals surface area contributed by atoms with Crippen LogP contribution in [0.1, 0.15) is 38.1 Å². The van der Waals surface area contributed by atoms with Gasteiger partial charge in [-0.1, -0.05) is 6.92 Å². The van der Waals surface area contributed by atoms with Gasteiger partial charge in [0.2, 0.25) is 0 Å². The Morgan fingerprint density at radius 2 is 2.20 bits per heavy atom. The molecular formula is C15H17BrFN3. The van der Waals surface area contributed by atoms with E-state index in [1.165, 1.54) is 18.9 Å². The molecule has 5 heteroatoms. The van der Waals surface area contributed by atoms with Gasteiger partial charge in [0, 0.05) is 18.0 Å². The Balaban J connectivity index is 2.08. The van der Waals surface area contributed by atoms with Gasteiger partial charge >= 0.3 is 0 Å². The van der Waals surface area contributed by atoms with E-state index in [1.54, 1.807) is 12.1 Å². The second-order valence-electron chi connectivity index (χ2n) is 5.24. The molecule has 106 valence electrons. The lowest BCUT2D eigenvalue weighted by Crippen LogP contribution is -2.05. The highest BCUT2D eigenvalue weighted by atomic mass is 79.9. The Kier molecular flexibility index (Phi) is 3.54. The van der Waals surface area contributed by atoms with Crippen LogP contribution in [0.2, 0.25) is 0 Å². The number of aromatic nitrogens is 2. The Hall–Kier alpha value is -1.36. The minimum absolute atomic E-state index is 0.275. The third kappa shape index (κ3) is 2.35. The first-order valence-electron chi connectivity index (χ1n) is 6.93. The van der Waals surface area contributed by atoms with Crippen LogP contribution in [0.15, 0.2) is 22.7 Å². The Morgan fingerprint density at radius 1 is 1.45 bits per heavy atom. The molecule has 3 rings (SSSR count). The van der Waals surface area contributed by atoms with Crippen molar-refractivity contribution in [3.8, 4) is 11.3 Å². The van der Waals surface area contributed by atoms with Crippen molar-refractivity contribution in [3.63, 3.8) is 0 Å². The average Bonchev–Trinajstić information content (AvgIpc) is 3.19. The highest BCUT2D eigenvalue weighted by Gasteiger charge is 2.29. The molecule has 20 heavy (non-hydrogen) atoms. The van der Waals surface area contributed by atoms with E-state index in [9.17, 15) is 4.39 Å². The van der Waals surface area contributed by atoms with E-state index in [1.807, 2.05) is 0 Å². The second kappa shape index (κ2) is 5.20. The Morgan fingerprint density at radius 3 is 2.80 bits per heavy atom. The molecule has 1 aromatic carbocycles. The van der Waals surface area contributed by atoms with Gasteiger partial charge in [-0.05, 0) is 53.4 Å². The predicted molar refractivity (Wildman–Crippen MR) is 82.0 cm³/mol. The lowest BCUT2D eigenvalue weighted by atomic mass is 10.1. The monoisotopic (exact) mass is 337 g/mol. The van der Waals surface area contributed by atoms with Crippen LogP contribution in [0.4, 0.5) is 10.2 Å². The van der Waals surface area contributed by atoms with Crippen LogP contribution < -0.4 is 5.73 Å². The van der Waals surface area contributed by atoms with Gasteiger partial charge in [-0.15, -0.1) is 0 Å². The molecular weight excluding hydrogens is 321 g/mol. The summed E-state index contributed by atoms with van der Waals surface area (Å²) in [7, 11) is 0. The van der Waals surface area contributed by atoms with Gasteiger partial charge < -0.3 is 10.3 Å². The summed E-state index contributed by atoms with van der Waals surface area (Å²) in [4.78, 5) is 4.70. The number of nitrogens with two attached hydrogens (primary N) is 1. The summed E-state index contributed by atoms with van der Waals surface area (Å²) in [6.45, 7) is 2.14. The summed E-state index contributed by atoms with van der Waals surface area (Å²) in [5.41, 5.74) is 7.91. The van der Waals surface area contributed by atoms with E-state index in [0.29, 0.717) is 16.3 Å². The first-order valence-corrected chi connectivity index (χ1v) is 7.73. The standard InChI is InChI=1S/C15H17BrFN3/c1-2-3-13-19-14(15(18)20(13)10-5-6-10)9-4-7-12(17)11(16)8-9/h4,7-8,10H,2-3,5-6,18H2,1H3. The summed E-state index contributed by atoms with van der Waals surface area (Å²) in [5, 5.41) is 0. The summed E-state index contributed by atoms with van der Waals surface area (Å²) in [6.07, 6.45) is 4.30. The van der Waals surface area contributed by atoms with Crippen LogP contribution in [0, 0.1) is 5.82 Å². The summed E-state index contributed by atoms with van der Waals surface area (Å²) in [5.74, 6) is 1.47. The zero-order chi connectivity index (χ0) is 14.3. The molecule has 1 fully saturated rings. The minimum Gasteiger partial charge on any atom is -0.383 e. The number of anilines is 1. The zero-order valence-electron chi connectivity index (χ0n) is 11.4. The molecule has 1 saturated carbocycles. The van der Waals surface area contributed by atoms with Crippen molar-refractivity contribution in [1.82, 2.24) is 9.55 Å². The molecule has 0 atom stereocenters. The fraction of sp³-hybridized carbons (Fsp3) is 0.400. The first-order chi connectivity index (χ1) is 9.61. The highest BCUT2D eigenvalue weighted by Crippen LogP contribution is 2.41. The van der Waals surface area contributed by atoms with Crippen molar-refractivity contribution in [2.45, 2.75) is 38.6 Å². The third-order valence-electron chi connectivity index (χ3n) is 3.60. The lowest BCUT2D eigenvalue weighted by Gasteiger charge is -2.07. The number of nitrogen functional groups attached to an aromatic ring is 1. The lowest BCUT2D eigenvalue weighted by molar-refractivity contribution is 0.621. The van der Waals surface area contributed by atoms with Crippen molar-refractivity contribution in [1.29, 1.82) is 0 Å². The number of hydrogen-bond acceptors (Lipinski definition) is 2. The summed E-state index contributed by atoms with van der Waals surface area (Å²) >= 11 is 3.21. The van der Waals surface area contributed by atoms with E-state index in [4.69, 9.17) is 10.7 Å². The number of benzene rings is 1. The van der Waals surface area contributed by atoms with Crippen LogP contribution in [-0.2, 0) is 6.42 Å². The van der Waals surface area contributed by atoms with Crippen LogP contribution in [-0.4, -0.2) is 9.55 Å². The molecule has 0 unspecified atom stereocenters. The van der Waals surface area contributed by atoms with Crippen molar-refractivity contribution in [2.24, 2.45) is 0 Å². The number of nitrogens with zero attached hydrogens (tertiary/aromatic N) is 2. The molecule has 0 saturated heterocycles. The van der Waals surface area contributed by atoms with Crippen LogP contribution in [0.5, 0.6) is 0 Å². The molecule has 1 aliphatic rings. The molecule has 2 N–H and O–H groups in total. The normalized spacial score (nSPS) is 14.8. The van der Waals surface area contributed by atoms with E-state index >= 15 is 0 Å². The average molecular weight is 338 g/mol. The number of aryl methyl sites for hydroxylation is 1. The van der Waals surface area contributed by atoms with Gasteiger partial charge in [-0.25, -0.2) is 9.37 Å². The Bertz CT molecular complexity index is 647. The zero-order valence-corrected chi connectivity index (χ0v) is 13.0. The van der Waals surface area contributed by atoms with Gasteiger partial charge in [0.1, 0.15) is 23.2 Å². The molecule has 1 aromatic heterocycles. The van der Waals surface area contributed by atoms with Crippen LogP contribution in [0.25, 0.3) is 11.3 Å². The van der Waals surface area contributed by atoms with Crippen LogP contribution >= 0.6 is 15.9 Å². The largest absolute Gasteiger partial charge is 0.383 e. The third-order valence-corrected chi connectivity index (χ3v) is 4.21. The molecule has 3 nitrogen and oxygen atoms in total. The van der Waals surface area contributed by atoms with Crippen molar-refractivity contribution in [2.75, 3.05) is 5.73 Å². The van der Waals surface area contributed by atoms with E-state index < -0.39 is 0 Å². The van der Waals surface area contributed by atoms with Crippen molar-refractivity contribution < 1.29 is 4.39 Å². The fourth-order valence-electron chi connectivity index (χ4n) is 2.49. The highest BCUT2D eigenvalue weighted by molar-refractivity contribution is 9.10. The minimum atomic E-state index is -0.275. The number of halogens is 2. The van der Waals surface area contributed by atoms with Gasteiger partial charge in [-0.2, -0.15) is 0 Å². The second-order valence-corrected chi connectivity index (χ2v) is 6.10. The maximum Gasteiger partial charge on any atom is 0.137 e. The molecule has 0 radical (unpaired) electrons. The number of hydrogen-bond donors (Lipinski definition) is 1. The predicted octanol–water partition coefficient (Wildman–Crippen LogP) is 4.32. The van der Waals surface area contributed by atoms with E-state index in [2.05, 4.69) is 27.4 Å². The van der Waals surface area contributed by atoms with E-state index in [-0.39, 0.29) is 5.82 Å². The SMILES string of the molecule is CCCc1nc(-c2ccc(F)c(Br)c2)c(N)n1C1CC1. The molecule has 0 spiro atoms. The van der Waals surface area contributed by atoms with Crippen molar-refractivity contribution >= 4 is 21.7 Å². The molecule has 1 heterocycles. The fourth-order valence-corrected chi connectivity index (χ4v) is 2.87. The number of rotatable bonds is 4. The Labute approximate surface area is 126 Å². The summed E-state index contributed by atoms with van der Waals surface area (Å²) < 4.78 is 16.0. The molecule has 0 bridgehead atoms. The maximum atomic E-state index is 13.4. The smallest absolute Gasteiger partial charge is 0.137 e. The topological polar surface area (TPSA) is 43.8 Å². The van der Waals surface area contributed by atoms with Crippen LogP contribution in [0.3, 0.4) is 0 Å². The van der Waals surface area contributed by atoms with Gasteiger partial charge in [0.15, 0.2) is 0 Å². The molecule has 0 aliphatic heterocycles. The molecule has 2 aromatic rings.